The quantitative estimate of drug-likeness (QED) is 0.624. The lowest BCUT2D eigenvalue weighted by Crippen LogP contribution is -2.43. The van der Waals surface area contributed by atoms with E-state index >= 15 is 0 Å². The van der Waals surface area contributed by atoms with Gasteiger partial charge in [-0.25, -0.2) is 0 Å². The van der Waals surface area contributed by atoms with Crippen molar-refractivity contribution in [2.75, 3.05) is 19.6 Å². The highest BCUT2D eigenvalue weighted by atomic mass is 32.1. The molecular formula is C24H29N3O2S. The van der Waals surface area contributed by atoms with Gasteiger partial charge in [-0.2, -0.15) is 0 Å². The number of fused-ring (bicyclic) bond motifs is 1. The second-order valence-electron chi connectivity index (χ2n) is 8.42. The number of para-hydroxylation sites is 1. The summed E-state index contributed by atoms with van der Waals surface area (Å²) in [7, 11) is 0. The fourth-order valence-electron chi connectivity index (χ4n) is 3.98. The maximum atomic E-state index is 13.0. The van der Waals surface area contributed by atoms with Crippen LogP contribution in [0.15, 0.2) is 48.7 Å². The molecule has 1 fully saturated rings. The molecule has 4 rings (SSSR count). The van der Waals surface area contributed by atoms with Crippen LogP contribution in [0.5, 0.6) is 0 Å². The number of nitrogens with one attached hydrogen (secondary N) is 1. The molecule has 30 heavy (non-hydrogen) atoms. The number of benzene rings is 1. The van der Waals surface area contributed by atoms with Gasteiger partial charge < -0.3 is 14.8 Å². The van der Waals surface area contributed by atoms with Crippen molar-refractivity contribution in [3.05, 3.63) is 53.5 Å². The van der Waals surface area contributed by atoms with E-state index in [0.717, 1.165) is 41.2 Å². The van der Waals surface area contributed by atoms with Crippen LogP contribution in [0.3, 0.4) is 0 Å². The largest absolute Gasteiger partial charge is 0.356 e. The molecule has 6 heteroatoms. The Kier molecular flexibility index (Phi) is 6.23. The molecule has 1 aliphatic heterocycles. The lowest BCUT2D eigenvalue weighted by atomic mass is 9.95. The van der Waals surface area contributed by atoms with Gasteiger partial charge in [0.25, 0.3) is 5.91 Å². The van der Waals surface area contributed by atoms with Crippen LogP contribution in [0.1, 0.15) is 42.8 Å². The number of carbonyl (C=O) groups is 2. The van der Waals surface area contributed by atoms with E-state index in [1.807, 2.05) is 35.4 Å². The molecule has 1 N–H and O–H groups in total. The first-order valence-corrected chi connectivity index (χ1v) is 11.6. The van der Waals surface area contributed by atoms with E-state index in [0.29, 0.717) is 19.0 Å². The van der Waals surface area contributed by atoms with Crippen molar-refractivity contribution in [2.45, 2.75) is 33.1 Å². The Hall–Kier alpha value is -2.60. The van der Waals surface area contributed by atoms with Crippen molar-refractivity contribution in [1.29, 1.82) is 0 Å². The van der Waals surface area contributed by atoms with Crippen LogP contribution >= 0.6 is 11.3 Å². The van der Waals surface area contributed by atoms with Crippen LogP contribution in [0, 0.1) is 11.8 Å². The van der Waals surface area contributed by atoms with Crippen molar-refractivity contribution < 1.29 is 9.59 Å². The van der Waals surface area contributed by atoms with E-state index in [1.54, 1.807) is 0 Å². The third-order valence-corrected chi connectivity index (χ3v) is 6.89. The highest BCUT2D eigenvalue weighted by Crippen LogP contribution is 2.28. The van der Waals surface area contributed by atoms with Gasteiger partial charge in [-0.1, -0.05) is 32.0 Å². The third-order valence-electron chi connectivity index (χ3n) is 5.81. The summed E-state index contributed by atoms with van der Waals surface area (Å²) in [6, 6.07) is 14.3. The Bertz CT molecular complexity index is 1030. The molecule has 3 heterocycles. The lowest BCUT2D eigenvalue weighted by molar-refractivity contribution is -0.126. The standard InChI is InChI=1S/C24H29N3O2S/c1-17(2)9-13-25-23(28)19-10-14-26(15-11-19)24(29)21-7-8-22(30-21)27-16-12-18-5-3-4-6-20(18)27/h3-8,12,16-17,19H,9-11,13-15H2,1-2H3,(H,25,28). The van der Waals surface area contributed by atoms with Gasteiger partial charge in [0.15, 0.2) is 0 Å². The highest BCUT2D eigenvalue weighted by Gasteiger charge is 2.28. The topological polar surface area (TPSA) is 54.3 Å². The maximum Gasteiger partial charge on any atom is 0.263 e. The zero-order valence-corrected chi connectivity index (χ0v) is 18.5. The van der Waals surface area contributed by atoms with E-state index in [4.69, 9.17) is 0 Å². The Morgan fingerprint density at radius 2 is 1.87 bits per heavy atom. The second-order valence-corrected chi connectivity index (χ2v) is 9.48. The van der Waals surface area contributed by atoms with Crippen LogP contribution < -0.4 is 5.32 Å². The smallest absolute Gasteiger partial charge is 0.263 e. The van der Waals surface area contributed by atoms with Crippen molar-refractivity contribution in [2.24, 2.45) is 11.8 Å². The number of hydrogen-bond donors (Lipinski definition) is 1. The molecule has 2 amide bonds. The zero-order chi connectivity index (χ0) is 21.1. The van der Waals surface area contributed by atoms with Crippen LogP contribution in [-0.4, -0.2) is 40.9 Å². The van der Waals surface area contributed by atoms with Gasteiger partial charge in [-0.05, 0) is 54.8 Å². The summed E-state index contributed by atoms with van der Waals surface area (Å²) in [5.74, 6) is 0.818. The minimum atomic E-state index is 0.0198. The first-order chi connectivity index (χ1) is 14.5. The summed E-state index contributed by atoms with van der Waals surface area (Å²) in [5, 5.41) is 5.28. The summed E-state index contributed by atoms with van der Waals surface area (Å²) >= 11 is 1.52. The molecule has 158 valence electrons. The number of aromatic nitrogens is 1. The number of likely N-dealkylation sites (tertiary alicyclic amines) is 1. The van der Waals surface area contributed by atoms with E-state index < -0.39 is 0 Å². The van der Waals surface area contributed by atoms with Gasteiger partial charge in [0.1, 0.15) is 5.00 Å². The Morgan fingerprint density at radius 1 is 1.10 bits per heavy atom. The van der Waals surface area contributed by atoms with Gasteiger partial charge in [0, 0.05) is 31.7 Å². The SMILES string of the molecule is CC(C)CCNC(=O)C1CCN(C(=O)c2ccc(-n3ccc4ccccc43)s2)CC1. The summed E-state index contributed by atoms with van der Waals surface area (Å²) in [6.07, 6.45) is 4.52. The van der Waals surface area contributed by atoms with Gasteiger partial charge in [0.05, 0.1) is 10.4 Å². The van der Waals surface area contributed by atoms with Gasteiger partial charge >= 0.3 is 0 Å². The average molecular weight is 424 g/mol. The van der Waals surface area contributed by atoms with Crippen LogP contribution in [-0.2, 0) is 4.79 Å². The number of nitrogens with zero attached hydrogens (tertiary/aromatic N) is 2. The monoisotopic (exact) mass is 423 g/mol. The van der Waals surface area contributed by atoms with Crippen LogP contribution in [0.4, 0.5) is 0 Å². The summed E-state index contributed by atoms with van der Waals surface area (Å²) in [5.41, 5.74) is 1.14. The van der Waals surface area contributed by atoms with Gasteiger partial charge in [-0.3, -0.25) is 9.59 Å². The molecule has 3 aromatic rings. The second kappa shape index (κ2) is 9.04. The van der Waals surface area contributed by atoms with Gasteiger partial charge in [0.2, 0.25) is 5.91 Å². The van der Waals surface area contributed by atoms with Gasteiger partial charge in [-0.15, -0.1) is 11.3 Å². The molecule has 1 saturated heterocycles. The van der Waals surface area contributed by atoms with Crippen molar-refractivity contribution in [3.63, 3.8) is 0 Å². The van der Waals surface area contributed by atoms with E-state index in [-0.39, 0.29) is 17.7 Å². The van der Waals surface area contributed by atoms with Crippen molar-refractivity contribution in [1.82, 2.24) is 14.8 Å². The third kappa shape index (κ3) is 4.43. The molecule has 0 radical (unpaired) electrons. The van der Waals surface area contributed by atoms with Crippen molar-refractivity contribution in [3.8, 4) is 5.00 Å². The first-order valence-electron chi connectivity index (χ1n) is 10.8. The molecule has 2 aromatic heterocycles. The number of hydrogen-bond acceptors (Lipinski definition) is 3. The van der Waals surface area contributed by atoms with E-state index in [9.17, 15) is 9.59 Å². The molecule has 1 aromatic carbocycles. The fraction of sp³-hybridized carbons (Fsp3) is 0.417. The fourth-order valence-corrected chi connectivity index (χ4v) is 4.95. The molecule has 0 unspecified atom stereocenters. The molecule has 1 aliphatic rings. The summed E-state index contributed by atoms with van der Waals surface area (Å²) < 4.78 is 2.13. The van der Waals surface area contributed by atoms with Crippen LogP contribution in [0.2, 0.25) is 0 Å². The number of thiophene rings is 1. The molecule has 0 spiro atoms. The van der Waals surface area contributed by atoms with E-state index in [2.05, 4.69) is 41.9 Å². The number of carbonyl (C=O) groups excluding carboxylic acids is 2. The molecule has 0 atom stereocenters. The lowest BCUT2D eigenvalue weighted by Gasteiger charge is -2.31. The maximum absolute atomic E-state index is 13.0. The minimum absolute atomic E-state index is 0.0198. The Labute approximate surface area is 181 Å². The molecule has 0 saturated carbocycles. The average Bonchev–Trinajstić information content (AvgIpc) is 3.40. The predicted octanol–water partition coefficient (Wildman–Crippen LogP) is 4.71. The predicted molar refractivity (Wildman–Crippen MR) is 122 cm³/mol. The number of piperidine rings is 1. The summed E-state index contributed by atoms with van der Waals surface area (Å²) in [4.78, 5) is 28.0. The highest BCUT2D eigenvalue weighted by molar-refractivity contribution is 7.16. The van der Waals surface area contributed by atoms with Crippen molar-refractivity contribution >= 4 is 34.1 Å². The molecule has 0 aliphatic carbocycles. The Morgan fingerprint density at radius 3 is 2.63 bits per heavy atom. The summed E-state index contributed by atoms with van der Waals surface area (Å²) in [6.45, 7) is 6.33. The zero-order valence-electron chi connectivity index (χ0n) is 17.6. The normalized spacial score (nSPS) is 15.1. The molecule has 0 bridgehead atoms. The molecule has 5 nitrogen and oxygen atoms in total. The molecular weight excluding hydrogens is 394 g/mol. The number of amides is 2. The Balaban J connectivity index is 1.36. The van der Waals surface area contributed by atoms with Crippen LogP contribution in [0.25, 0.3) is 15.9 Å². The first kappa shape index (κ1) is 20.7. The van der Waals surface area contributed by atoms with E-state index in [1.165, 1.54) is 16.7 Å². The minimum Gasteiger partial charge on any atom is -0.356 e. The number of rotatable bonds is 6.